The number of amides is 2. The van der Waals surface area contributed by atoms with Crippen molar-refractivity contribution < 1.29 is 9.59 Å². The number of fused-ring (bicyclic) bond motifs is 1. The molecule has 0 aliphatic rings. The number of para-hydroxylation sites is 1. The Hall–Kier alpha value is -3.44. The zero-order valence-electron chi connectivity index (χ0n) is 19.0. The first-order valence-corrected chi connectivity index (χ1v) is 13.5. The smallest absolute Gasteiger partial charge is 0.251 e. The first-order chi connectivity index (χ1) is 18.0. The van der Waals surface area contributed by atoms with E-state index in [-0.39, 0.29) is 24.1 Å². The van der Waals surface area contributed by atoms with E-state index in [2.05, 4.69) is 25.8 Å². The summed E-state index contributed by atoms with van der Waals surface area (Å²) in [5, 5.41) is 16.0. The number of hydrogen-bond donors (Lipinski definition) is 2. The molecule has 0 atom stereocenters. The molecule has 3 aromatic carbocycles. The maximum absolute atomic E-state index is 12.7. The second-order valence-corrected chi connectivity index (χ2v) is 10.5. The van der Waals surface area contributed by atoms with Crippen LogP contribution in [0.25, 0.3) is 15.9 Å². The van der Waals surface area contributed by atoms with Crippen molar-refractivity contribution >= 4 is 73.5 Å². The van der Waals surface area contributed by atoms with Gasteiger partial charge in [0.15, 0.2) is 16.1 Å². The summed E-state index contributed by atoms with van der Waals surface area (Å²) in [5.74, 6) is 0.0725. The van der Waals surface area contributed by atoms with Crippen LogP contribution in [-0.2, 0) is 11.3 Å². The van der Waals surface area contributed by atoms with Gasteiger partial charge in [0, 0.05) is 5.56 Å². The Bertz CT molecular complexity index is 1560. The monoisotopic (exact) mass is 568 g/mol. The quantitative estimate of drug-likeness (QED) is 0.228. The predicted octanol–water partition coefficient (Wildman–Crippen LogP) is 5.84. The number of halogens is 2. The number of rotatable bonds is 8. The number of aromatic nitrogens is 4. The second kappa shape index (κ2) is 11.3. The highest BCUT2D eigenvalue weighted by atomic mass is 35.5. The molecule has 2 amide bonds. The molecule has 8 nitrogen and oxygen atoms in total. The SMILES string of the molecule is O=C(CSc1nnc(CNC(=O)c2ccccc2)n1-c1ccc(Cl)c(Cl)c1)Nc1nc2ccccc2s1. The first kappa shape index (κ1) is 25.2. The Morgan fingerprint density at radius 3 is 2.51 bits per heavy atom. The van der Waals surface area contributed by atoms with E-state index >= 15 is 0 Å². The van der Waals surface area contributed by atoms with Crippen LogP contribution < -0.4 is 10.6 Å². The van der Waals surface area contributed by atoms with E-state index in [0.717, 1.165) is 10.2 Å². The molecule has 0 bridgehead atoms. The molecule has 0 saturated carbocycles. The van der Waals surface area contributed by atoms with Gasteiger partial charge in [-0.2, -0.15) is 0 Å². The third-order valence-electron chi connectivity index (χ3n) is 5.18. The molecule has 0 aliphatic carbocycles. The molecule has 186 valence electrons. The lowest BCUT2D eigenvalue weighted by molar-refractivity contribution is -0.113. The number of nitrogens with zero attached hydrogens (tertiary/aromatic N) is 4. The fraction of sp³-hybridized carbons (Fsp3) is 0.0800. The number of anilines is 1. The van der Waals surface area contributed by atoms with Crippen LogP contribution in [0.3, 0.4) is 0 Å². The van der Waals surface area contributed by atoms with Crippen LogP contribution in [-0.4, -0.2) is 37.3 Å². The lowest BCUT2D eigenvalue weighted by Crippen LogP contribution is -2.24. The van der Waals surface area contributed by atoms with Crippen molar-refractivity contribution in [2.75, 3.05) is 11.1 Å². The highest BCUT2D eigenvalue weighted by Crippen LogP contribution is 2.29. The largest absolute Gasteiger partial charge is 0.345 e. The summed E-state index contributed by atoms with van der Waals surface area (Å²) in [6.45, 7) is 0.111. The molecule has 2 heterocycles. The summed E-state index contributed by atoms with van der Waals surface area (Å²) in [5.41, 5.74) is 2.01. The van der Waals surface area contributed by atoms with Crippen molar-refractivity contribution in [3.8, 4) is 5.69 Å². The van der Waals surface area contributed by atoms with Gasteiger partial charge in [-0.05, 0) is 42.5 Å². The lowest BCUT2D eigenvalue weighted by Gasteiger charge is -2.12. The molecule has 12 heteroatoms. The number of nitrogens with one attached hydrogen (secondary N) is 2. The van der Waals surface area contributed by atoms with Gasteiger partial charge in [-0.25, -0.2) is 4.98 Å². The van der Waals surface area contributed by atoms with Crippen LogP contribution >= 0.6 is 46.3 Å². The molecule has 5 rings (SSSR count). The van der Waals surface area contributed by atoms with Crippen molar-refractivity contribution in [1.29, 1.82) is 0 Å². The van der Waals surface area contributed by atoms with Crippen molar-refractivity contribution in [1.82, 2.24) is 25.1 Å². The van der Waals surface area contributed by atoms with Gasteiger partial charge in [-0.1, -0.05) is 76.6 Å². The number of carbonyl (C=O) groups is 2. The van der Waals surface area contributed by atoms with Crippen LogP contribution in [0.5, 0.6) is 0 Å². The number of hydrogen-bond acceptors (Lipinski definition) is 7. The van der Waals surface area contributed by atoms with Gasteiger partial charge in [-0.15, -0.1) is 10.2 Å². The Kier molecular flexibility index (Phi) is 7.71. The van der Waals surface area contributed by atoms with Crippen LogP contribution in [0, 0.1) is 0 Å². The highest BCUT2D eigenvalue weighted by molar-refractivity contribution is 7.99. The standard InChI is InChI=1S/C25H18Cl2N6O2S2/c26-17-11-10-16(12-18(17)27)33-21(13-28-23(35)15-6-2-1-3-7-15)31-32-25(33)36-14-22(34)30-24-29-19-8-4-5-9-20(19)37-24/h1-12H,13-14H2,(H,28,35)(H,29,30,34). The molecule has 0 aliphatic heterocycles. The van der Waals surface area contributed by atoms with Gasteiger partial charge >= 0.3 is 0 Å². The third-order valence-corrected chi connectivity index (χ3v) is 7.80. The minimum Gasteiger partial charge on any atom is -0.345 e. The minimum atomic E-state index is -0.242. The molecule has 0 radical (unpaired) electrons. The van der Waals surface area contributed by atoms with E-state index < -0.39 is 0 Å². The van der Waals surface area contributed by atoms with E-state index in [0.29, 0.717) is 37.4 Å². The minimum absolute atomic E-state index is 0.0752. The van der Waals surface area contributed by atoms with E-state index in [9.17, 15) is 9.59 Å². The molecule has 5 aromatic rings. The highest BCUT2D eigenvalue weighted by Gasteiger charge is 2.18. The average Bonchev–Trinajstić information content (AvgIpc) is 3.51. The van der Waals surface area contributed by atoms with Gasteiger partial charge in [0.2, 0.25) is 5.91 Å². The second-order valence-electron chi connectivity index (χ2n) is 7.70. The fourth-order valence-corrected chi connectivity index (χ4v) is 5.40. The van der Waals surface area contributed by atoms with Gasteiger partial charge in [-0.3, -0.25) is 14.2 Å². The number of thiazole rings is 1. The predicted molar refractivity (Wildman–Crippen MR) is 148 cm³/mol. The zero-order valence-corrected chi connectivity index (χ0v) is 22.2. The molecule has 2 aromatic heterocycles. The number of carbonyl (C=O) groups excluding carboxylic acids is 2. The van der Waals surface area contributed by atoms with Crippen LogP contribution in [0.1, 0.15) is 16.2 Å². The van der Waals surface area contributed by atoms with Crippen LogP contribution in [0.4, 0.5) is 5.13 Å². The normalized spacial score (nSPS) is 11.0. The third kappa shape index (κ3) is 5.94. The molecule has 37 heavy (non-hydrogen) atoms. The molecule has 2 N–H and O–H groups in total. The summed E-state index contributed by atoms with van der Waals surface area (Å²) in [7, 11) is 0. The average molecular weight is 569 g/mol. The molecule has 0 spiro atoms. The Labute approximate surface area is 230 Å². The van der Waals surface area contributed by atoms with Gasteiger partial charge in [0.25, 0.3) is 5.91 Å². The topological polar surface area (TPSA) is 102 Å². The van der Waals surface area contributed by atoms with E-state index in [1.54, 1.807) is 47.0 Å². The van der Waals surface area contributed by atoms with Crippen molar-refractivity contribution in [3.63, 3.8) is 0 Å². The fourth-order valence-electron chi connectivity index (χ4n) is 3.45. The Balaban J connectivity index is 1.33. The molecule has 0 fully saturated rings. The zero-order chi connectivity index (χ0) is 25.8. The summed E-state index contributed by atoms with van der Waals surface area (Å²) < 4.78 is 2.73. The number of thioether (sulfide) groups is 1. The summed E-state index contributed by atoms with van der Waals surface area (Å²) in [6, 6.07) is 21.7. The van der Waals surface area contributed by atoms with Gasteiger partial charge in [0.05, 0.1) is 38.2 Å². The van der Waals surface area contributed by atoms with Crippen molar-refractivity contribution in [2.45, 2.75) is 11.7 Å². The molecule has 0 saturated heterocycles. The van der Waals surface area contributed by atoms with E-state index in [1.165, 1.54) is 23.1 Å². The van der Waals surface area contributed by atoms with E-state index in [1.807, 2.05) is 30.3 Å². The summed E-state index contributed by atoms with van der Waals surface area (Å²) in [6.07, 6.45) is 0. The van der Waals surface area contributed by atoms with E-state index in [4.69, 9.17) is 23.2 Å². The van der Waals surface area contributed by atoms with Gasteiger partial charge < -0.3 is 10.6 Å². The maximum atomic E-state index is 12.7. The first-order valence-electron chi connectivity index (χ1n) is 11.0. The molecule has 0 unspecified atom stereocenters. The van der Waals surface area contributed by atoms with Crippen LogP contribution in [0.15, 0.2) is 78.0 Å². The van der Waals surface area contributed by atoms with Crippen LogP contribution in [0.2, 0.25) is 10.0 Å². The molecular formula is C25H18Cl2N6O2S2. The summed E-state index contributed by atoms with van der Waals surface area (Å²) in [4.78, 5) is 29.7. The Morgan fingerprint density at radius 1 is 0.946 bits per heavy atom. The number of benzene rings is 3. The van der Waals surface area contributed by atoms with Gasteiger partial charge in [0.1, 0.15) is 0 Å². The molecular weight excluding hydrogens is 551 g/mol. The Morgan fingerprint density at radius 2 is 1.73 bits per heavy atom. The van der Waals surface area contributed by atoms with Crippen molar-refractivity contribution in [2.24, 2.45) is 0 Å². The maximum Gasteiger partial charge on any atom is 0.251 e. The lowest BCUT2D eigenvalue weighted by atomic mass is 10.2. The summed E-state index contributed by atoms with van der Waals surface area (Å²) >= 11 is 15.0. The van der Waals surface area contributed by atoms with Crippen molar-refractivity contribution in [3.05, 3.63) is 94.2 Å².